The fraction of sp³-hybridized carbons (Fsp3) is 0.161. The molecule has 1 aliphatic rings. The zero-order valence-electron chi connectivity index (χ0n) is 23.0. The van der Waals surface area contributed by atoms with Crippen LogP contribution in [-0.4, -0.2) is 46.6 Å². The monoisotopic (exact) mass is 644 g/mol. The van der Waals surface area contributed by atoms with Gasteiger partial charge in [-0.25, -0.2) is 26.4 Å². The molecule has 4 aromatic carbocycles. The van der Waals surface area contributed by atoms with Gasteiger partial charge >= 0.3 is 5.97 Å². The summed E-state index contributed by atoms with van der Waals surface area (Å²) in [6.07, 6.45) is 0.108. The molecule has 4 aromatic rings. The van der Waals surface area contributed by atoms with Crippen LogP contribution in [-0.2, 0) is 26.0 Å². The minimum absolute atomic E-state index is 0.0724. The van der Waals surface area contributed by atoms with Crippen molar-refractivity contribution in [2.75, 3.05) is 24.6 Å². The number of fused-ring (bicyclic) bond motifs is 1. The second-order valence-electron chi connectivity index (χ2n) is 9.69. The van der Waals surface area contributed by atoms with Gasteiger partial charge in [-0.1, -0.05) is 41.9 Å². The molecule has 8 nitrogen and oxygen atoms in total. The predicted molar refractivity (Wildman–Crippen MR) is 157 cm³/mol. The molecule has 228 valence electrons. The second kappa shape index (κ2) is 12.6. The average molecular weight is 645 g/mol. The van der Waals surface area contributed by atoms with E-state index in [0.29, 0.717) is 22.4 Å². The van der Waals surface area contributed by atoms with Crippen LogP contribution in [0, 0.1) is 17.5 Å². The van der Waals surface area contributed by atoms with Gasteiger partial charge < -0.3 is 14.8 Å². The van der Waals surface area contributed by atoms with Gasteiger partial charge in [0.2, 0.25) is 5.91 Å². The van der Waals surface area contributed by atoms with Crippen molar-refractivity contribution < 1.29 is 40.7 Å². The molecule has 1 atom stereocenters. The van der Waals surface area contributed by atoms with Gasteiger partial charge in [0.25, 0.3) is 10.0 Å². The second-order valence-corrected chi connectivity index (χ2v) is 11.9. The summed E-state index contributed by atoms with van der Waals surface area (Å²) in [5, 5.41) is 2.79. The Morgan fingerprint density at radius 2 is 1.66 bits per heavy atom. The summed E-state index contributed by atoms with van der Waals surface area (Å²) in [6.45, 7) is -0.323. The lowest BCUT2D eigenvalue weighted by Gasteiger charge is -2.26. The van der Waals surface area contributed by atoms with Gasteiger partial charge in [-0.2, -0.15) is 0 Å². The summed E-state index contributed by atoms with van der Waals surface area (Å²) in [5.74, 6) is -4.85. The Hall–Kier alpha value is -4.55. The molecule has 5 rings (SSSR count). The number of amides is 1. The molecule has 0 saturated carbocycles. The fourth-order valence-electron chi connectivity index (χ4n) is 4.89. The molecule has 1 N–H and O–H groups in total. The third-order valence-corrected chi connectivity index (χ3v) is 9.11. The standard InChI is InChI=1S/C31H24ClF3N2O6S/c1-42-31(39)29-25(34)16-21(17-26(29)35)43-13-12-36-30(38)28-14-19-4-2-3-5-27(19)37(28)44(40,41)22-9-6-18(7-10-22)23-11-8-20(33)15-24(23)32/h2-11,15-17,28H,12-14H2,1H3,(H,36,38)/t28-/m0/s1. The molecule has 0 aromatic heterocycles. The number of ether oxygens (including phenoxy) is 2. The molecule has 0 spiro atoms. The first kappa shape index (κ1) is 30.9. The summed E-state index contributed by atoms with van der Waals surface area (Å²) in [4.78, 5) is 24.8. The number of hydrogen-bond donors (Lipinski definition) is 1. The largest absolute Gasteiger partial charge is 0.492 e. The third-order valence-electron chi connectivity index (χ3n) is 6.96. The molecule has 0 saturated heterocycles. The van der Waals surface area contributed by atoms with E-state index in [-0.39, 0.29) is 35.2 Å². The van der Waals surface area contributed by atoms with Gasteiger partial charge in [-0.3, -0.25) is 9.10 Å². The molecule has 0 aliphatic carbocycles. The van der Waals surface area contributed by atoms with Crippen molar-refractivity contribution in [2.45, 2.75) is 17.4 Å². The van der Waals surface area contributed by atoms with E-state index in [1.165, 1.54) is 24.3 Å². The summed E-state index contributed by atoms with van der Waals surface area (Å²) in [5.41, 5.74) is 1.24. The first-order chi connectivity index (χ1) is 21.0. The van der Waals surface area contributed by atoms with Crippen molar-refractivity contribution in [3.8, 4) is 16.9 Å². The molecular formula is C31H24ClF3N2O6S. The van der Waals surface area contributed by atoms with Crippen molar-refractivity contribution in [3.63, 3.8) is 0 Å². The molecule has 0 radical (unpaired) electrons. The summed E-state index contributed by atoms with van der Waals surface area (Å²) < 4.78 is 80.4. The molecule has 44 heavy (non-hydrogen) atoms. The maximum absolute atomic E-state index is 14.2. The molecular weight excluding hydrogens is 621 g/mol. The lowest BCUT2D eigenvalue weighted by Crippen LogP contribution is -2.48. The van der Waals surface area contributed by atoms with Crippen LogP contribution in [0.4, 0.5) is 18.9 Å². The number of benzene rings is 4. The number of esters is 1. The van der Waals surface area contributed by atoms with Crippen molar-refractivity contribution in [3.05, 3.63) is 112 Å². The van der Waals surface area contributed by atoms with Crippen LogP contribution in [0.1, 0.15) is 15.9 Å². The van der Waals surface area contributed by atoms with Crippen LogP contribution in [0.3, 0.4) is 0 Å². The number of carbonyl (C=O) groups is 2. The predicted octanol–water partition coefficient (Wildman–Crippen LogP) is 5.53. The molecule has 13 heteroatoms. The van der Waals surface area contributed by atoms with E-state index in [1.54, 1.807) is 36.4 Å². The third kappa shape index (κ3) is 6.08. The van der Waals surface area contributed by atoms with E-state index in [4.69, 9.17) is 16.3 Å². The zero-order chi connectivity index (χ0) is 31.6. The highest BCUT2D eigenvalue weighted by atomic mass is 35.5. The zero-order valence-corrected chi connectivity index (χ0v) is 24.6. The van der Waals surface area contributed by atoms with Crippen LogP contribution in [0.15, 0.2) is 83.8 Å². The van der Waals surface area contributed by atoms with Crippen LogP contribution in [0.2, 0.25) is 5.02 Å². The Kier molecular flexibility index (Phi) is 8.84. The maximum atomic E-state index is 14.2. The highest BCUT2D eigenvalue weighted by Crippen LogP contribution is 2.37. The van der Waals surface area contributed by atoms with Crippen LogP contribution < -0.4 is 14.4 Å². The number of nitrogens with one attached hydrogen (secondary N) is 1. The van der Waals surface area contributed by atoms with Crippen molar-refractivity contribution in [2.24, 2.45) is 0 Å². The maximum Gasteiger partial charge on any atom is 0.343 e. The minimum Gasteiger partial charge on any atom is -0.492 e. The number of hydrogen-bond acceptors (Lipinski definition) is 6. The highest BCUT2D eigenvalue weighted by molar-refractivity contribution is 7.93. The summed E-state index contributed by atoms with van der Waals surface area (Å²) in [7, 11) is -3.24. The summed E-state index contributed by atoms with van der Waals surface area (Å²) >= 11 is 6.16. The van der Waals surface area contributed by atoms with E-state index in [2.05, 4.69) is 10.1 Å². The first-order valence-electron chi connectivity index (χ1n) is 13.2. The van der Waals surface area contributed by atoms with Crippen molar-refractivity contribution >= 4 is 39.2 Å². The Morgan fingerprint density at radius 3 is 2.32 bits per heavy atom. The Morgan fingerprint density at radius 1 is 0.977 bits per heavy atom. The average Bonchev–Trinajstić information content (AvgIpc) is 3.40. The van der Waals surface area contributed by atoms with Gasteiger partial charge in [0.05, 0.1) is 29.3 Å². The van der Waals surface area contributed by atoms with E-state index in [1.807, 2.05) is 0 Å². The lowest BCUT2D eigenvalue weighted by molar-refractivity contribution is -0.122. The Balaban J connectivity index is 1.31. The number of sulfonamides is 1. The van der Waals surface area contributed by atoms with Gasteiger partial charge in [0.15, 0.2) is 0 Å². The van der Waals surface area contributed by atoms with Gasteiger partial charge in [-0.15, -0.1) is 0 Å². The molecule has 1 heterocycles. The van der Waals surface area contributed by atoms with Gasteiger partial charge in [-0.05, 0) is 47.5 Å². The number of anilines is 1. The smallest absolute Gasteiger partial charge is 0.343 e. The van der Waals surface area contributed by atoms with Crippen molar-refractivity contribution in [1.82, 2.24) is 5.32 Å². The first-order valence-corrected chi connectivity index (χ1v) is 15.0. The number of para-hydroxylation sites is 1. The highest BCUT2D eigenvalue weighted by Gasteiger charge is 2.42. The van der Waals surface area contributed by atoms with Crippen LogP contribution in [0.25, 0.3) is 11.1 Å². The van der Waals surface area contributed by atoms with Crippen LogP contribution >= 0.6 is 11.6 Å². The summed E-state index contributed by atoms with van der Waals surface area (Å²) in [6, 6.07) is 17.0. The SMILES string of the molecule is COC(=O)c1c(F)cc(OCCNC(=O)[C@@H]2Cc3ccccc3N2S(=O)(=O)c2ccc(-c3ccc(F)cc3Cl)cc2)cc1F. The topological polar surface area (TPSA) is 102 Å². The van der Waals surface area contributed by atoms with E-state index < -0.39 is 51.0 Å². The molecule has 0 unspecified atom stereocenters. The molecule has 0 fully saturated rings. The molecule has 1 aliphatic heterocycles. The van der Waals surface area contributed by atoms with E-state index >= 15 is 0 Å². The quantitative estimate of drug-likeness (QED) is 0.190. The van der Waals surface area contributed by atoms with E-state index in [9.17, 15) is 31.2 Å². The normalized spacial score (nSPS) is 14.2. The molecule has 1 amide bonds. The minimum atomic E-state index is -4.23. The van der Waals surface area contributed by atoms with Gasteiger partial charge in [0.1, 0.15) is 41.4 Å². The number of carbonyl (C=O) groups excluding carboxylic acids is 2. The Labute approximate surface area is 256 Å². The van der Waals surface area contributed by atoms with Crippen molar-refractivity contribution in [1.29, 1.82) is 0 Å². The number of methoxy groups -OCH3 is 1. The number of halogens is 4. The Bertz CT molecular complexity index is 1830. The number of nitrogens with zero attached hydrogens (tertiary/aromatic N) is 1. The lowest BCUT2D eigenvalue weighted by atomic mass is 10.1. The van der Waals surface area contributed by atoms with E-state index in [0.717, 1.165) is 29.6 Å². The molecule has 0 bridgehead atoms. The van der Waals surface area contributed by atoms with Gasteiger partial charge in [0, 0.05) is 24.1 Å². The van der Waals surface area contributed by atoms with Crippen LogP contribution in [0.5, 0.6) is 5.75 Å². The fourth-order valence-corrected chi connectivity index (χ4v) is 6.81. The number of rotatable bonds is 9.